The van der Waals surface area contributed by atoms with Crippen molar-refractivity contribution in [3.8, 4) is 0 Å². The lowest BCUT2D eigenvalue weighted by Gasteiger charge is -2.23. The van der Waals surface area contributed by atoms with E-state index in [4.69, 9.17) is 4.42 Å². The monoisotopic (exact) mass is 267 g/mol. The van der Waals surface area contributed by atoms with Gasteiger partial charge in [0, 0.05) is 14.1 Å². The number of hydrogen-bond donors (Lipinski definition) is 2. The third-order valence-corrected chi connectivity index (χ3v) is 2.65. The minimum Gasteiger partial charge on any atom is -0.467 e. The lowest BCUT2D eigenvalue weighted by atomic mass is 10.0. The van der Waals surface area contributed by atoms with Crippen molar-refractivity contribution in [3.05, 3.63) is 24.2 Å². The number of rotatable bonds is 5. The van der Waals surface area contributed by atoms with Crippen molar-refractivity contribution in [2.24, 2.45) is 5.92 Å². The van der Waals surface area contributed by atoms with Crippen LogP contribution in [0.5, 0.6) is 0 Å². The van der Waals surface area contributed by atoms with E-state index in [9.17, 15) is 9.59 Å². The summed E-state index contributed by atoms with van der Waals surface area (Å²) >= 11 is 0. The van der Waals surface area contributed by atoms with Crippen molar-refractivity contribution in [1.29, 1.82) is 0 Å². The zero-order valence-corrected chi connectivity index (χ0v) is 11.8. The Hall–Kier alpha value is -1.98. The molecule has 1 atom stereocenters. The second kappa shape index (κ2) is 6.82. The smallest absolute Gasteiger partial charge is 0.317 e. The van der Waals surface area contributed by atoms with Crippen LogP contribution in [0.2, 0.25) is 0 Å². The van der Waals surface area contributed by atoms with Crippen molar-refractivity contribution in [2.75, 3.05) is 14.1 Å². The molecule has 0 fully saturated rings. The van der Waals surface area contributed by atoms with E-state index in [1.165, 1.54) is 4.90 Å². The molecule has 106 valence electrons. The number of amides is 3. The van der Waals surface area contributed by atoms with Crippen molar-refractivity contribution >= 4 is 11.9 Å². The number of nitrogens with zero attached hydrogens (tertiary/aromatic N) is 1. The van der Waals surface area contributed by atoms with Gasteiger partial charge in [0.05, 0.1) is 12.8 Å². The average Bonchev–Trinajstić information content (AvgIpc) is 2.85. The molecule has 0 radical (unpaired) electrons. The number of hydrogen-bond acceptors (Lipinski definition) is 3. The molecular weight excluding hydrogens is 246 g/mol. The summed E-state index contributed by atoms with van der Waals surface area (Å²) in [5, 5.41) is 5.43. The Bertz CT molecular complexity index is 413. The van der Waals surface area contributed by atoms with E-state index < -0.39 is 6.04 Å². The fourth-order valence-electron chi connectivity index (χ4n) is 1.49. The van der Waals surface area contributed by atoms with Crippen LogP contribution >= 0.6 is 0 Å². The largest absolute Gasteiger partial charge is 0.467 e. The molecule has 19 heavy (non-hydrogen) atoms. The predicted molar refractivity (Wildman–Crippen MR) is 71.4 cm³/mol. The van der Waals surface area contributed by atoms with E-state index in [0.29, 0.717) is 12.3 Å². The van der Waals surface area contributed by atoms with Crippen LogP contribution in [0.3, 0.4) is 0 Å². The van der Waals surface area contributed by atoms with E-state index in [2.05, 4.69) is 10.6 Å². The topological polar surface area (TPSA) is 74.6 Å². The SMILES string of the molecule is CC(C)[C@@H](NC(=O)N(C)C)C(=O)NCc1ccco1. The van der Waals surface area contributed by atoms with Crippen LogP contribution in [0.25, 0.3) is 0 Å². The highest BCUT2D eigenvalue weighted by Gasteiger charge is 2.24. The molecule has 0 unspecified atom stereocenters. The van der Waals surface area contributed by atoms with Gasteiger partial charge in [-0.15, -0.1) is 0 Å². The second-order valence-corrected chi connectivity index (χ2v) is 4.86. The zero-order chi connectivity index (χ0) is 14.4. The second-order valence-electron chi connectivity index (χ2n) is 4.86. The van der Waals surface area contributed by atoms with Gasteiger partial charge in [-0.2, -0.15) is 0 Å². The Morgan fingerprint density at radius 2 is 2.05 bits per heavy atom. The summed E-state index contributed by atoms with van der Waals surface area (Å²) in [5.41, 5.74) is 0. The fourth-order valence-corrected chi connectivity index (χ4v) is 1.49. The first-order valence-electron chi connectivity index (χ1n) is 6.19. The van der Waals surface area contributed by atoms with Crippen LogP contribution in [-0.4, -0.2) is 37.0 Å². The summed E-state index contributed by atoms with van der Waals surface area (Å²) in [4.78, 5) is 25.1. The van der Waals surface area contributed by atoms with E-state index in [-0.39, 0.29) is 17.9 Å². The van der Waals surface area contributed by atoms with Gasteiger partial charge in [-0.05, 0) is 18.1 Å². The normalized spacial score (nSPS) is 12.1. The molecule has 1 aromatic rings. The molecular formula is C13H21N3O3. The van der Waals surface area contributed by atoms with Crippen molar-refractivity contribution in [3.63, 3.8) is 0 Å². The van der Waals surface area contributed by atoms with E-state index in [1.54, 1.807) is 32.5 Å². The summed E-state index contributed by atoms with van der Waals surface area (Å²) in [5.74, 6) is 0.455. The van der Waals surface area contributed by atoms with E-state index >= 15 is 0 Å². The van der Waals surface area contributed by atoms with Crippen molar-refractivity contribution < 1.29 is 14.0 Å². The third kappa shape index (κ3) is 4.65. The van der Waals surface area contributed by atoms with Crippen molar-refractivity contribution in [1.82, 2.24) is 15.5 Å². The van der Waals surface area contributed by atoms with Gasteiger partial charge in [0.25, 0.3) is 0 Å². The Morgan fingerprint density at radius 1 is 1.37 bits per heavy atom. The van der Waals surface area contributed by atoms with Gasteiger partial charge in [-0.25, -0.2) is 4.79 Å². The number of nitrogens with one attached hydrogen (secondary N) is 2. The molecule has 3 amide bonds. The van der Waals surface area contributed by atoms with Crippen LogP contribution < -0.4 is 10.6 Å². The van der Waals surface area contributed by atoms with Gasteiger partial charge in [-0.3, -0.25) is 4.79 Å². The molecule has 6 heteroatoms. The van der Waals surface area contributed by atoms with Gasteiger partial charge in [0.2, 0.25) is 5.91 Å². The zero-order valence-electron chi connectivity index (χ0n) is 11.8. The van der Waals surface area contributed by atoms with Crippen LogP contribution in [0.1, 0.15) is 19.6 Å². The van der Waals surface area contributed by atoms with Gasteiger partial charge < -0.3 is 20.0 Å². The molecule has 0 saturated heterocycles. The lowest BCUT2D eigenvalue weighted by Crippen LogP contribution is -2.52. The molecule has 0 aromatic carbocycles. The molecule has 0 aliphatic heterocycles. The fraction of sp³-hybridized carbons (Fsp3) is 0.538. The standard InChI is InChI=1S/C13H21N3O3/c1-9(2)11(15-13(18)16(3)4)12(17)14-8-10-6-5-7-19-10/h5-7,9,11H,8H2,1-4H3,(H,14,17)(H,15,18)/t11-/m1/s1. The predicted octanol–water partition coefficient (Wildman–Crippen LogP) is 1.19. The Labute approximate surface area is 113 Å². The van der Waals surface area contributed by atoms with Crippen LogP contribution in [0, 0.1) is 5.92 Å². The van der Waals surface area contributed by atoms with Crippen LogP contribution in [0.4, 0.5) is 4.79 Å². The first kappa shape index (κ1) is 15.1. The molecule has 0 spiro atoms. The third-order valence-electron chi connectivity index (χ3n) is 2.65. The Kier molecular flexibility index (Phi) is 5.41. The molecule has 1 aromatic heterocycles. The molecule has 2 N–H and O–H groups in total. The Morgan fingerprint density at radius 3 is 2.53 bits per heavy atom. The Balaban J connectivity index is 2.55. The molecule has 0 aliphatic rings. The maximum absolute atomic E-state index is 12.1. The highest BCUT2D eigenvalue weighted by atomic mass is 16.3. The molecule has 1 rings (SSSR count). The molecule has 1 heterocycles. The van der Waals surface area contributed by atoms with Gasteiger partial charge >= 0.3 is 6.03 Å². The van der Waals surface area contributed by atoms with Crippen LogP contribution in [0.15, 0.2) is 22.8 Å². The number of carbonyl (C=O) groups excluding carboxylic acids is 2. The summed E-state index contributed by atoms with van der Waals surface area (Å²) in [7, 11) is 3.26. The molecule has 0 bridgehead atoms. The molecule has 6 nitrogen and oxygen atoms in total. The van der Waals surface area contributed by atoms with Gasteiger partial charge in [0.1, 0.15) is 11.8 Å². The molecule has 0 saturated carbocycles. The van der Waals surface area contributed by atoms with Gasteiger partial charge in [0.15, 0.2) is 0 Å². The number of urea groups is 1. The maximum Gasteiger partial charge on any atom is 0.317 e. The van der Waals surface area contributed by atoms with Gasteiger partial charge in [-0.1, -0.05) is 13.8 Å². The maximum atomic E-state index is 12.1. The quantitative estimate of drug-likeness (QED) is 0.841. The van der Waals surface area contributed by atoms with E-state index in [0.717, 1.165) is 0 Å². The first-order valence-corrected chi connectivity index (χ1v) is 6.19. The summed E-state index contributed by atoms with van der Waals surface area (Å²) in [6.07, 6.45) is 1.55. The lowest BCUT2D eigenvalue weighted by molar-refractivity contribution is -0.124. The summed E-state index contributed by atoms with van der Waals surface area (Å²) < 4.78 is 5.13. The minimum absolute atomic E-state index is 0.000464. The van der Waals surface area contributed by atoms with E-state index in [1.807, 2.05) is 13.8 Å². The minimum atomic E-state index is -0.565. The van der Waals surface area contributed by atoms with Crippen molar-refractivity contribution in [2.45, 2.75) is 26.4 Å². The average molecular weight is 267 g/mol. The van der Waals surface area contributed by atoms with Crippen LogP contribution in [-0.2, 0) is 11.3 Å². The number of furan rings is 1. The first-order chi connectivity index (χ1) is 8.91. The highest BCUT2D eigenvalue weighted by Crippen LogP contribution is 2.04. The highest BCUT2D eigenvalue weighted by molar-refractivity contribution is 5.87. The summed E-state index contributed by atoms with van der Waals surface area (Å²) in [6.45, 7) is 4.08. The molecule has 0 aliphatic carbocycles. The number of carbonyl (C=O) groups is 2. The summed E-state index contributed by atoms with van der Waals surface area (Å²) in [6, 6.07) is 2.69.